The number of amides is 2. The summed E-state index contributed by atoms with van der Waals surface area (Å²) in [4.78, 5) is 29.0. The number of nitrogens with zero attached hydrogens (tertiary/aromatic N) is 4. The smallest absolute Gasteiger partial charge is 0.229 e. The van der Waals surface area contributed by atoms with Gasteiger partial charge in [0.1, 0.15) is 0 Å². The number of hydrogen-bond acceptors (Lipinski definition) is 5. The number of piperidine rings is 1. The second-order valence-corrected chi connectivity index (χ2v) is 8.61. The van der Waals surface area contributed by atoms with Crippen molar-refractivity contribution < 1.29 is 9.59 Å². The zero-order valence-electron chi connectivity index (χ0n) is 18.4. The molecule has 1 N–H and O–H groups in total. The fourth-order valence-corrected chi connectivity index (χ4v) is 4.57. The summed E-state index contributed by atoms with van der Waals surface area (Å²) in [6.07, 6.45) is 7.51. The number of aromatic nitrogens is 2. The fraction of sp³-hybridized carbons (Fsp3) is 0.440. The minimum absolute atomic E-state index is 0.0514. The minimum Gasteiger partial charge on any atom is -0.354 e. The number of anilines is 2. The van der Waals surface area contributed by atoms with E-state index in [0.717, 1.165) is 56.8 Å². The first-order valence-corrected chi connectivity index (χ1v) is 11.5. The number of allylic oxidation sites excluding steroid dienone is 1. The molecule has 2 aliphatic rings. The van der Waals surface area contributed by atoms with Crippen LogP contribution in [0.5, 0.6) is 0 Å². The Bertz CT molecular complexity index is 923. The molecular formula is C25H31N5O2. The highest BCUT2D eigenvalue weighted by Crippen LogP contribution is 2.29. The van der Waals surface area contributed by atoms with Crippen LogP contribution in [0.25, 0.3) is 0 Å². The molecule has 168 valence electrons. The van der Waals surface area contributed by atoms with Crippen LogP contribution in [0.4, 0.5) is 11.5 Å². The summed E-state index contributed by atoms with van der Waals surface area (Å²) >= 11 is 0. The first-order chi connectivity index (χ1) is 15.6. The van der Waals surface area contributed by atoms with E-state index in [4.69, 9.17) is 0 Å². The third-order valence-electron chi connectivity index (χ3n) is 6.50. The largest absolute Gasteiger partial charge is 0.354 e. The number of hydrogen-bond donors (Lipinski definition) is 1. The van der Waals surface area contributed by atoms with Crippen LogP contribution in [-0.4, -0.2) is 53.1 Å². The Labute approximate surface area is 189 Å². The average molecular weight is 434 g/mol. The van der Waals surface area contributed by atoms with E-state index in [9.17, 15) is 9.59 Å². The molecule has 4 rings (SSSR count). The van der Waals surface area contributed by atoms with Crippen molar-refractivity contribution in [1.82, 2.24) is 15.1 Å². The van der Waals surface area contributed by atoms with Crippen molar-refractivity contribution in [3.8, 4) is 0 Å². The fourth-order valence-electron chi connectivity index (χ4n) is 4.57. The van der Waals surface area contributed by atoms with Crippen molar-refractivity contribution in [2.45, 2.75) is 38.0 Å². The summed E-state index contributed by atoms with van der Waals surface area (Å²) in [5, 5.41) is 11.1. The van der Waals surface area contributed by atoms with Crippen LogP contribution in [0.1, 0.15) is 43.6 Å². The van der Waals surface area contributed by atoms with Gasteiger partial charge < -0.3 is 15.1 Å². The summed E-state index contributed by atoms with van der Waals surface area (Å²) in [5.74, 6) is 1.50. The highest BCUT2D eigenvalue weighted by Gasteiger charge is 2.29. The molecule has 1 aromatic carbocycles. The quantitative estimate of drug-likeness (QED) is 0.675. The number of carbonyl (C=O) groups excluding carboxylic acids is 2. The number of benzene rings is 1. The summed E-state index contributed by atoms with van der Waals surface area (Å²) < 4.78 is 0. The molecule has 0 spiro atoms. The topological polar surface area (TPSA) is 78.4 Å². The standard InChI is InChI=1S/C25H31N5O2/c1-2-3-6-24(31)29-15-11-20(12-16-29)19-7-9-22(10-8-19)27-25(32)21-13-17-30(18-21)23-5-4-14-26-28-23/h2,4-5,7-10,14,20-21H,1,3,6,11-13,15-18H2,(H,27,32). The molecule has 1 atom stereocenters. The van der Waals surface area contributed by atoms with Gasteiger partial charge in [0.05, 0.1) is 5.92 Å². The van der Waals surface area contributed by atoms with Gasteiger partial charge in [-0.25, -0.2) is 0 Å². The molecule has 3 heterocycles. The summed E-state index contributed by atoms with van der Waals surface area (Å²) in [7, 11) is 0. The van der Waals surface area contributed by atoms with Crippen LogP contribution in [0, 0.1) is 5.92 Å². The van der Waals surface area contributed by atoms with Gasteiger partial charge in [0.15, 0.2) is 5.82 Å². The molecule has 0 radical (unpaired) electrons. The van der Waals surface area contributed by atoms with E-state index < -0.39 is 0 Å². The van der Waals surface area contributed by atoms with Gasteiger partial charge in [-0.05, 0) is 61.4 Å². The second-order valence-electron chi connectivity index (χ2n) is 8.61. The van der Waals surface area contributed by atoms with Gasteiger partial charge in [-0.2, -0.15) is 5.10 Å². The normalized spacial score (nSPS) is 19.1. The number of rotatable bonds is 7. The highest BCUT2D eigenvalue weighted by atomic mass is 16.2. The predicted octanol–water partition coefficient (Wildman–Crippen LogP) is 3.61. The third-order valence-corrected chi connectivity index (χ3v) is 6.50. The van der Waals surface area contributed by atoms with E-state index >= 15 is 0 Å². The molecule has 2 aliphatic heterocycles. The van der Waals surface area contributed by atoms with Gasteiger partial charge in [-0.3, -0.25) is 9.59 Å². The Morgan fingerprint density at radius 3 is 2.56 bits per heavy atom. The van der Waals surface area contributed by atoms with Gasteiger partial charge >= 0.3 is 0 Å². The maximum atomic E-state index is 12.7. The third kappa shape index (κ3) is 5.33. The molecule has 0 saturated carbocycles. The zero-order chi connectivity index (χ0) is 22.3. The molecule has 2 fully saturated rings. The van der Waals surface area contributed by atoms with Crippen LogP contribution in [0.3, 0.4) is 0 Å². The van der Waals surface area contributed by atoms with Crippen molar-refractivity contribution >= 4 is 23.3 Å². The Hall–Kier alpha value is -3.22. The van der Waals surface area contributed by atoms with Gasteiger partial charge in [-0.1, -0.05) is 18.2 Å². The van der Waals surface area contributed by atoms with Crippen molar-refractivity contribution in [2.75, 3.05) is 36.4 Å². The lowest BCUT2D eigenvalue weighted by Gasteiger charge is -2.32. The van der Waals surface area contributed by atoms with Crippen molar-refractivity contribution in [3.63, 3.8) is 0 Å². The molecule has 1 unspecified atom stereocenters. The van der Waals surface area contributed by atoms with Gasteiger partial charge in [0.2, 0.25) is 11.8 Å². The number of likely N-dealkylation sites (tertiary alicyclic amines) is 1. The predicted molar refractivity (Wildman–Crippen MR) is 125 cm³/mol. The number of nitrogens with one attached hydrogen (secondary N) is 1. The molecule has 0 bridgehead atoms. The molecule has 7 heteroatoms. The monoisotopic (exact) mass is 433 g/mol. The average Bonchev–Trinajstić information content (AvgIpc) is 3.34. The van der Waals surface area contributed by atoms with Crippen LogP contribution in [-0.2, 0) is 9.59 Å². The Kier molecular flexibility index (Phi) is 7.14. The van der Waals surface area contributed by atoms with Crippen LogP contribution < -0.4 is 10.2 Å². The molecule has 2 saturated heterocycles. The van der Waals surface area contributed by atoms with E-state index in [-0.39, 0.29) is 17.7 Å². The summed E-state index contributed by atoms with van der Waals surface area (Å²) in [6.45, 7) is 6.78. The van der Waals surface area contributed by atoms with Gasteiger partial charge in [0.25, 0.3) is 0 Å². The first kappa shape index (κ1) is 22.0. The Morgan fingerprint density at radius 2 is 1.88 bits per heavy atom. The lowest BCUT2D eigenvalue weighted by atomic mass is 9.89. The molecule has 0 aliphatic carbocycles. The molecular weight excluding hydrogens is 402 g/mol. The lowest BCUT2D eigenvalue weighted by Crippen LogP contribution is -2.37. The molecule has 2 aromatic rings. The molecule has 32 heavy (non-hydrogen) atoms. The minimum atomic E-state index is -0.0559. The van der Waals surface area contributed by atoms with Gasteiger partial charge in [-0.15, -0.1) is 11.7 Å². The SMILES string of the molecule is C=CCCC(=O)N1CCC(c2ccc(NC(=O)C3CCN(c4cccnn4)C3)cc2)CC1. The maximum absolute atomic E-state index is 12.7. The van der Waals surface area contributed by atoms with Crippen molar-refractivity contribution in [1.29, 1.82) is 0 Å². The first-order valence-electron chi connectivity index (χ1n) is 11.5. The van der Waals surface area contributed by atoms with E-state index in [1.165, 1.54) is 5.56 Å². The Balaban J connectivity index is 1.26. The van der Waals surface area contributed by atoms with Gasteiger partial charge in [0, 0.05) is 44.5 Å². The Morgan fingerprint density at radius 1 is 1.09 bits per heavy atom. The number of carbonyl (C=O) groups is 2. The molecule has 2 amide bonds. The summed E-state index contributed by atoms with van der Waals surface area (Å²) in [6, 6.07) is 12.0. The van der Waals surface area contributed by atoms with E-state index in [2.05, 4.69) is 39.1 Å². The highest BCUT2D eigenvalue weighted by molar-refractivity contribution is 5.93. The summed E-state index contributed by atoms with van der Waals surface area (Å²) in [5.41, 5.74) is 2.10. The zero-order valence-corrected chi connectivity index (χ0v) is 18.4. The van der Waals surface area contributed by atoms with E-state index in [1.54, 1.807) is 12.3 Å². The van der Waals surface area contributed by atoms with Crippen molar-refractivity contribution in [2.24, 2.45) is 5.92 Å². The molecule has 1 aromatic heterocycles. The van der Waals surface area contributed by atoms with Crippen LogP contribution >= 0.6 is 0 Å². The maximum Gasteiger partial charge on any atom is 0.229 e. The van der Waals surface area contributed by atoms with Crippen LogP contribution in [0.2, 0.25) is 0 Å². The van der Waals surface area contributed by atoms with E-state index in [0.29, 0.717) is 18.9 Å². The van der Waals surface area contributed by atoms with Crippen LogP contribution in [0.15, 0.2) is 55.3 Å². The van der Waals surface area contributed by atoms with E-state index in [1.807, 2.05) is 29.2 Å². The second kappa shape index (κ2) is 10.4. The van der Waals surface area contributed by atoms with Crippen molar-refractivity contribution in [3.05, 3.63) is 60.8 Å². The molecule has 7 nitrogen and oxygen atoms in total. The lowest BCUT2D eigenvalue weighted by molar-refractivity contribution is -0.132.